The lowest BCUT2D eigenvalue weighted by molar-refractivity contribution is 0.0198. The second-order valence-corrected chi connectivity index (χ2v) is 11.3. The Morgan fingerprint density at radius 3 is 2.32 bits per heavy atom. The second-order valence-electron chi connectivity index (χ2n) is 6.58. The first kappa shape index (κ1) is 16.0. The van der Waals surface area contributed by atoms with Gasteiger partial charge < -0.3 is 5.11 Å². The van der Waals surface area contributed by atoms with Crippen molar-refractivity contribution in [2.24, 2.45) is 5.92 Å². The van der Waals surface area contributed by atoms with E-state index < -0.39 is 13.7 Å². The highest BCUT2D eigenvalue weighted by Crippen LogP contribution is 2.22. The van der Waals surface area contributed by atoms with E-state index in [1.54, 1.807) is 0 Å². The molecule has 1 rings (SSSR count). The molecular weight excluding hydrogens is 248 g/mol. The number of aryl methyl sites for hydroxylation is 1. The van der Waals surface area contributed by atoms with Crippen LogP contribution in [0.5, 0.6) is 0 Å². The predicted octanol–water partition coefficient (Wildman–Crippen LogP) is 3.89. The topological polar surface area (TPSA) is 20.2 Å². The maximum absolute atomic E-state index is 10.6. The molecule has 0 aromatic heterocycles. The van der Waals surface area contributed by atoms with Gasteiger partial charge in [-0.3, -0.25) is 0 Å². The summed E-state index contributed by atoms with van der Waals surface area (Å²) in [4.78, 5) is 0. The molecule has 0 bridgehead atoms. The van der Waals surface area contributed by atoms with Gasteiger partial charge in [-0.25, -0.2) is 0 Å². The predicted molar refractivity (Wildman–Crippen MR) is 85.7 cm³/mol. The van der Waals surface area contributed by atoms with Crippen molar-refractivity contribution in [2.45, 2.75) is 51.9 Å². The molecule has 0 amide bonds. The van der Waals surface area contributed by atoms with Crippen LogP contribution in [0.2, 0.25) is 19.6 Å². The van der Waals surface area contributed by atoms with Gasteiger partial charge in [0.05, 0.1) is 5.60 Å². The summed E-state index contributed by atoms with van der Waals surface area (Å²) in [5.41, 5.74) is 3.91. The van der Waals surface area contributed by atoms with Crippen LogP contribution in [0.25, 0.3) is 0 Å². The monoisotopic (exact) mass is 274 g/mol. The minimum absolute atomic E-state index is 0.0166. The van der Waals surface area contributed by atoms with Crippen molar-refractivity contribution in [3.63, 3.8) is 0 Å². The lowest BCUT2D eigenvalue weighted by Gasteiger charge is -2.27. The summed E-state index contributed by atoms with van der Waals surface area (Å²) in [6.45, 7) is 10.6. The molecule has 0 aliphatic rings. The van der Waals surface area contributed by atoms with Gasteiger partial charge in [0.15, 0.2) is 0 Å². The molecule has 19 heavy (non-hydrogen) atoms. The molecule has 0 radical (unpaired) electrons. The fourth-order valence-electron chi connectivity index (χ4n) is 1.74. The molecule has 0 spiro atoms. The van der Waals surface area contributed by atoms with E-state index in [1.165, 1.54) is 5.56 Å². The molecule has 0 aliphatic heterocycles. The van der Waals surface area contributed by atoms with Crippen LogP contribution in [0.1, 0.15) is 25.8 Å². The van der Waals surface area contributed by atoms with Crippen molar-refractivity contribution in [1.29, 1.82) is 0 Å². The number of rotatable bonds is 4. The first-order chi connectivity index (χ1) is 8.71. The normalized spacial score (nSPS) is 16.1. The third-order valence-corrected chi connectivity index (χ3v) is 4.25. The van der Waals surface area contributed by atoms with Crippen LogP contribution in [0.15, 0.2) is 30.3 Å². The Balaban J connectivity index is 2.62. The summed E-state index contributed by atoms with van der Waals surface area (Å²) in [5.74, 6) is 3.28. The van der Waals surface area contributed by atoms with Crippen molar-refractivity contribution in [3.05, 3.63) is 35.9 Å². The van der Waals surface area contributed by atoms with Gasteiger partial charge in [0.2, 0.25) is 0 Å². The first-order valence-corrected chi connectivity index (χ1v) is 10.5. The highest BCUT2D eigenvalue weighted by atomic mass is 28.3. The molecule has 1 aromatic carbocycles. The van der Waals surface area contributed by atoms with Gasteiger partial charge in [-0.05, 0) is 32.3 Å². The lowest BCUT2D eigenvalue weighted by atomic mass is 9.86. The number of hydrogen-bond acceptors (Lipinski definition) is 1. The second kappa shape index (κ2) is 6.41. The van der Waals surface area contributed by atoms with Crippen LogP contribution in [0, 0.1) is 17.4 Å². The SMILES string of the molecule is CC(C#C[Si](C)(C)C)C(C)(O)CCc1ccccc1. The van der Waals surface area contributed by atoms with Gasteiger partial charge in [0.25, 0.3) is 0 Å². The van der Waals surface area contributed by atoms with Crippen LogP contribution < -0.4 is 0 Å². The molecule has 0 fully saturated rings. The molecule has 2 unspecified atom stereocenters. The van der Waals surface area contributed by atoms with Crippen molar-refractivity contribution in [1.82, 2.24) is 0 Å². The maximum Gasteiger partial charge on any atom is 0.129 e. The standard InChI is InChI=1S/C17H26OSi/c1-15(12-14-19(3,4)5)17(2,18)13-11-16-9-7-6-8-10-16/h6-10,15,18H,11,13H2,1-5H3. The molecule has 0 saturated carbocycles. The zero-order valence-electron chi connectivity index (χ0n) is 12.8. The minimum Gasteiger partial charge on any atom is -0.389 e. The molecule has 0 aliphatic carbocycles. The molecule has 1 nitrogen and oxygen atoms in total. The van der Waals surface area contributed by atoms with Gasteiger partial charge in [-0.1, -0.05) is 50.0 Å². The molecule has 1 N–H and O–H groups in total. The third-order valence-electron chi connectivity index (χ3n) is 3.36. The van der Waals surface area contributed by atoms with Crippen LogP contribution in [0.4, 0.5) is 0 Å². The van der Waals surface area contributed by atoms with Gasteiger partial charge in [0, 0.05) is 5.92 Å². The smallest absolute Gasteiger partial charge is 0.129 e. The average Bonchev–Trinajstić information content (AvgIpc) is 2.34. The quantitative estimate of drug-likeness (QED) is 0.652. The molecule has 0 saturated heterocycles. The molecule has 1 aromatic rings. The van der Waals surface area contributed by atoms with E-state index in [9.17, 15) is 5.11 Å². The van der Waals surface area contributed by atoms with Gasteiger partial charge >= 0.3 is 0 Å². The maximum atomic E-state index is 10.6. The van der Waals surface area contributed by atoms with Crippen LogP contribution in [-0.2, 0) is 6.42 Å². The highest BCUT2D eigenvalue weighted by Gasteiger charge is 2.26. The van der Waals surface area contributed by atoms with Gasteiger partial charge in [-0.2, -0.15) is 0 Å². The van der Waals surface area contributed by atoms with E-state index in [0.717, 1.165) is 12.8 Å². The van der Waals surface area contributed by atoms with Crippen LogP contribution in [0.3, 0.4) is 0 Å². The molecule has 2 heteroatoms. The Labute approximate surface area is 119 Å². The summed E-state index contributed by atoms with van der Waals surface area (Å²) in [5, 5.41) is 10.6. The Morgan fingerprint density at radius 2 is 1.79 bits per heavy atom. The zero-order valence-corrected chi connectivity index (χ0v) is 13.8. The summed E-state index contributed by atoms with van der Waals surface area (Å²) < 4.78 is 0. The fourth-order valence-corrected chi connectivity index (χ4v) is 2.39. The molecule has 104 valence electrons. The fraction of sp³-hybridized carbons (Fsp3) is 0.529. The highest BCUT2D eigenvalue weighted by molar-refractivity contribution is 6.83. The van der Waals surface area contributed by atoms with Gasteiger partial charge in [0.1, 0.15) is 8.07 Å². The Hall–Kier alpha value is -1.04. The summed E-state index contributed by atoms with van der Waals surface area (Å²) in [7, 11) is -1.36. The molecule has 2 atom stereocenters. The Morgan fingerprint density at radius 1 is 1.21 bits per heavy atom. The molecular formula is C17H26OSi. The van der Waals surface area contributed by atoms with Gasteiger partial charge in [-0.15, -0.1) is 11.5 Å². The van der Waals surface area contributed by atoms with E-state index in [0.29, 0.717) is 0 Å². The summed E-state index contributed by atoms with van der Waals surface area (Å²) in [6.07, 6.45) is 1.64. The van der Waals surface area contributed by atoms with E-state index in [1.807, 2.05) is 32.0 Å². The lowest BCUT2D eigenvalue weighted by Crippen LogP contribution is -2.33. The third kappa shape index (κ3) is 6.09. The summed E-state index contributed by atoms with van der Waals surface area (Å²) >= 11 is 0. The van der Waals surface area contributed by atoms with Crippen molar-refractivity contribution < 1.29 is 5.11 Å². The zero-order chi connectivity index (χ0) is 14.5. The van der Waals surface area contributed by atoms with Crippen molar-refractivity contribution in [2.75, 3.05) is 0 Å². The Bertz CT molecular complexity index is 446. The largest absolute Gasteiger partial charge is 0.389 e. The molecule has 0 heterocycles. The Kier molecular flexibility index (Phi) is 5.40. The van der Waals surface area contributed by atoms with Crippen LogP contribution in [-0.4, -0.2) is 18.8 Å². The van der Waals surface area contributed by atoms with Crippen LogP contribution >= 0.6 is 0 Å². The van der Waals surface area contributed by atoms with E-state index in [2.05, 4.69) is 43.2 Å². The number of hydrogen-bond donors (Lipinski definition) is 1. The minimum atomic E-state index is -1.36. The summed E-state index contributed by atoms with van der Waals surface area (Å²) in [6, 6.07) is 10.3. The number of aliphatic hydroxyl groups is 1. The van der Waals surface area contributed by atoms with Crippen molar-refractivity contribution in [3.8, 4) is 11.5 Å². The number of benzene rings is 1. The van der Waals surface area contributed by atoms with E-state index in [4.69, 9.17) is 0 Å². The van der Waals surface area contributed by atoms with E-state index >= 15 is 0 Å². The first-order valence-electron chi connectivity index (χ1n) is 7.00. The average molecular weight is 274 g/mol. The van der Waals surface area contributed by atoms with E-state index in [-0.39, 0.29) is 5.92 Å². The van der Waals surface area contributed by atoms with Crippen molar-refractivity contribution >= 4 is 8.07 Å².